The Balaban J connectivity index is 3.89. The topological polar surface area (TPSA) is 89.6 Å². The molecule has 0 fully saturated rings. The average molecular weight is 243 g/mol. The number of hydrogen-bond donors (Lipinski definition) is 2. The molecule has 0 spiro atoms. The highest BCUT2D eigenvalue weighted by Gasteiger charge is 2.18. The molecule has 0 aromatic heterocycles. The van der Waals surface area contributed by atoms with Gasteiger partial charge in [-0.05, 0) is 19.8 Å². The third-order valence-electron chi connectivity index (χ3n) is 2.16. The molecule has 0 aliphatic heterocycles. The van der Waals surface area contributed by atoms with Crippen LogP contribution in [0.4, 0.5) is 0 Å². The number of carbonyl (C=O) groups excluding carboxylic acids is 1. The van der Waals surface area contributed by atoms with Crippen molar-refractivity contribution in [2.75, 3.05) is 0 Å². The van der Waals surface area contributed by atoms with Crippen molar-refractivity contribution in [2.24, 2.45) is 5.73 Å². The van der Waals surface area contributed by atoms with Gasteiger partial charge in [-0.1, -0.05) is 19.1 Å². The van der Waals surface area contributed by atoms with Crippen molar-refractivity contribution < 1.29 is 19.4 Å². The third-order valence-corrected chi connectivity index (χ3v) is 2.16. The van der Waals surface area contributed by atoms with Crippen molar-refractivity contribution >= 4 is 11.9 Å². The van der Waals surface area contributed by atoms with E-state index in [4.69, 9.17) is 15.6 Å². The monoisotopic (exact) mass is 243 g/mol. The molecule has 1 unspecified atom stereocenters. The quantitative estimate of drug-likeness (QED) is 0.497. The van der Waals surface area contributed by atoms with E-state index in [1.807, 2.05) is 19.1 Å². The number of aliphatic carboxylic acids is 1. The maximum atomic E-state index is 11.4. The molecular weight excluding hydrogens is 222 g/mol. The second kappa shape index (κ2) is 8.75. The molecule has 17 heavy (non-hydrogen) atoms. The molecule has 0 heterocycles. The first-order valence-electron chi connectivity index (χ1n) is 5.80. The van der Waals surface area contributed by atoms with Gasteiger partial charge < -0.3 is 15.6 Å². The second-order valence-electron chi connectivity index (χ2n) is 3.90. The minimum Gasteiger partial charge on any atom is -0.481 e. The Morgan fingerprint density at radius 2 is 2.06 bits per heavy atom. The molecule has 0 aliphatic carbocycles. The van der Waals surface area contributed by atoms with Crippen LogP contribution in [0.3, 0.4) is 0 Å². The summed E-state index contributed by atoms with van der Waals surface area (Å²) in [6.45, 7) is 3.80. The van der Waals surface area contributed by atoms with Crippen LogP contribution in [0.2, 0.25) is 0 Å². The second-order valence-corrected chi connectivity index (χ2v) is 3.90. The van der Waals surface area contributed by atoms with Gasteiger partial charge in [0.1, 0.15) is 12.1 Å². The molecule has 0 aromatic rings. The molecule has 0 rings (SSSR count). The highest BCUT2D eigenvalue weighted by Crippen LogP contribution is 2.04. The van der Waals surface area contributed by atoms with Gasteiger partial charge in [0.15, 0.2) is 0 Å². The zero-order valence-corrected chi connectivity index (χ0v) is 10.4. The molecule has 2 atom stereocenters. The number of rotatable bonds is 8. The molecule has 0 aromatic carbocycles. The van der Waals surface area contributed by atoms with Gasteiger partial charge in [-0.3, -0.25) is 9.59 Å². The largest absolute Gasteiger partial charge is 0.481 e. The first kappa shape index (κ1) is 15.6. The van der Waals surface area contributed by atoms with Gasteiger partial charge >= 0.3 is 11.9 Å². The zero-order chi connectivity index (χ0) is 13.3. The van der Waals surface area contributed by atoms with E-state index >= 15 is 0 Å². The summed E-state index contributed by atoms with van der Waals surface area (Å²) in [4.78, 5) is 21.7. The Kier molecular flexibility index (Phi) is 8.05. The number of nitrogens with two attached hydrogens (primary N) is 1. The summed E-state index contributed by atoms with van der Waals surface area (Å²) >= 11 is 0. The molecule has 3 N–H and O–H groups in total. The Morgan fingerprint density at radius 3 is 2.59 bits per heavy atom. The molecule has 5 heteroatoms. The maximum Gasteiger partial charge on any atom is 0.323 e. The average Bonchev–Trinajstić information content (AvgIpc) is 2.26. The minimum absolute atomic E-state index is 0.103. The van der Waals surface area contributed by atoms with Crippen LogP contribution < -0.4 is 5.73 Å². The SMILES string of the molecule is CC/C=C/CC(C)OC(=O)[C@H](N)CCC(=O)O. The smallest absolute Gasteiger partial charge is 0.323 e. The molecule has 0 aliphatic rings. The van der Waals surface area contributed by atoms with Crippen molar-refractivity contribution in [2.45, 2.75) is 51.7 Å². The highest BCUT2D eigenvalue weighted by molar-refractivity contribution is 5.76. The van der Waals surface area contributed by atoms with Crippen molar-refractivity contribution in [1.82, 2.24) is 0 Å². The van der Waals surface area contributed by atoms with E-state index in [2.05, 4.69) is 0 Å². The van der Waals surface area contributed by atoms with Crippen LogP contribution in [-0.2, 0) is 14.3 Å². The third kappa shape index (κ3) is 8.45. The Labute approximate surface area is 102 Å². The van der Waals surface area contributed by atoms with Crippen LogP contribution in [0.15, 0.2) is 12.2 Å². The lowest BCUT2D eigenvalue weighted by atomic mass is 10.1. The van der Waals surface area contributed by atoms with Gasteiger partial charge in [0, 0.05) is 12.8 Å². The molecule has 0 saturated heterocycles. The summed E-state index contributed by atoms with van der Waals surface area (Å²) < 4.78 is 5.08. The summed E-state index contributed by atoms with van der Waals surface area (Å²) in [6, 6.07) is -0.858. The van der Waals surface area contributed by atoms with Gasteiger partial charge in [-0.2, -0.15) is 0 Å². The van der Waals surface area contributed by atoms with Crippen molar-refractivity contribution in [3.05, 3.63) is 12.2 Å². The first-order valence-corrected chi connectivity index (χ1v) is 5.80. The minimum atomic E-state index is -0.966. The molecule has 5 nitrogen and oxygen atoms in total. The van der Waals surface area contributed by atoms with Crippen LogP contribution in [-0.4, -0.2) is 29.2 Å². The van der Waals surface area contributed by atoms with E-state index in [1.54, 1.807) is 6.92 Å². The van der Waals surface area contributed by atoms with Crippen molar-refractivity contribution in [1.29, 1.82) is 0 Å². The molecule has 98 valence electrons. The summed E-state index contributed by atoms with van der Waals surface area (Å²) in [6.07, 6.45) is 5.27. The normalized spacial score (nSPS) is 14.5. The van der Waals surface area contributed by atoms with Crippen LogP contribution >= 0.6 is 0 Å². The first-order chi connectivity index (χ1) is 7.97. The van der Waals surface area contributed by atoms with Gasteiger partial charge in [-0.15, -0.1) is 0 Å². The molecule has 0 radical (unpaired) electrons. The summed E-state index contributed by atoms with van der Waals surface area (Å²) in [5.41, 5.74) is 5.51. The molecule has 0 bridgehead atoms. The fourth-order valence-corrected chi connectivity index (χ4v) is 1.19. The van der Waals surface area contributed by atoms with Gasteiger partial charge in [0.2, 0.25) is 0 Å². The highest BCUT2D eigenvalue weighted by atomic mass is 16.5. The summed E-state index contributed by atoms with van der Waals surface area (Å²) in [5.74, 6) is -1.50. The van der Waals surface area contributed by atoms with Crippen molar-refractivity contribution in [3.8, 4) is 0 Å². The maximum absolute atomic E-state index is 11.4. The number of hydrogen-bond acceptors (Lipinski definition) is 4. The molecule has 0 saturated carbocycles. The Bertz CT molecular complexity index is 276. The zero-order valence-electron chi connectivity index (χ0n) is 10.4. The van der Waals surface area contributed by atoms with Crippen LogP contribution in [0.5, 0.6) is 0 Å². The number of carboxylic acid groups (broad SMARTS) is 1. The molecular formula is C12H21NO4. The fraction of sp³-hybridized carbons (Fsp3) is 0.667. The lowest BCUT2D eigenvalue weighted by Crippen LogP contribution is -2.34. The van der Waals surface area contributed by atoms with E-state index < -0.39 is 18.0 Å². The van der Waals surface area contributed by atoms with Crippen molar-refractivity contribution in [3.63, 3.8) is 0 Å². The predicted octanol–water partition coefficient (Wildman–Crippen LogP) is 1.47. The number of carbonyl (C=O) groups is 2. The van der Waals surface area contributed by atoms with Gasteiger partial charge in [0.25, 0.3) is 0 Å². The van der Waals surface area contributed by atoms with Gasteiger partial charge in [0.05, 0.1) is 0 Å². The van der Waals surface area contributed by atoms with E-state index in [9.17, 15) is 9.59 Å². The summed E-state index contributed by atoms with van der Waals surface area (Å²) in [5, 5.41) is 8.45. The fourth-order valence-electron chi connectivity index (χ4n) is 1.19. The lowest BCUT2D eigenvalue weighted by Gasteiger charge is -2.15. The van der Waals surface area contributed by atoms with Crippen LogP contribution in [0.1, 0.15) is 39.5 Å². The Morgan fingerprint density at radius 1 is 1.41 bits per heavy atom. The number of carboxylic acids is 1. The standard InChI is InChI=1S/C12H21NO4/c1-3-4-5-6-9(2)17-12(16)10(13)7-8-11(14)15/h4-5,9-10H,3,6-8,13H2,1-2H3,(H,14,15)/b5-4+/t9?,10-/m1/s1. The Hall–Kier alpha value is -1.36. The van der Waals surface area contributed by atoms with Crippen LogP contribution in [0.25, 0.3) is 0 Å². The number of allylic oxidation sites excluding steroid dienone is 1. The van der Waals surface area contributed by atoms with Gasteiger partial charge in [-0.25, -0.2) is 0 Å². The van der Waals surface area contributed by atoms with Crippen LogP contribution in [0, 0.1) is 0 Å². The van der Waals surface area contributed by atoms with E-state index in [0.29, 0.717) is 6.42 Å². The predicted molar refractivity (Wildman–Crippen MR) is 64.4 cm³/mol. The number of ether oxygens (including phenoxy) is 1. The molecule has 0 amide bonds. The summed E-state index contributed by atoms with van der Waals surface area (Å²) in [7, 11) is 0. The van der Waals surface area contributed by atoms with E-state index in [0.717, 1.165) is 6.42 Å². The number of esters is 1. The van der Waals surface area contributed by atoms with E-state index in [-0.39, 0.29) is 18.9 Å². The lowest BCUT2D eigenvalue weighted by molar-refractivity contribution is -0.150. The van der Waals surface area contributed by atoms with E-state index in [1.165, 1.54) is 0 Å².